The van der Waals surface area contributed by atoms with Crippen LogP contribution in [0.15, 0.2) is 24.3 Å². The Morgan fingerprint density at radius 1 is 1.24 bits per heavy atom. The van der Waals surface area contributed by atoms with Crippen LogP contribution in [0.3, 0.4) is 0 Å². The summed E-state index contributed by atoms with van der Waals surface area (Å²) in [5.41, 5.74) is 0.949. The number of amides is 1. The average Bonchev–Trinajstić information content (AvgIpc) is 2.82. The number of sulfone groups is 1. The normalized spacial score (nSPS) is 26.0. The van der Waals surface area contributed by atoms with Gasteiger partial charge in [0.25, 0.3) is 0 Å². The van der Waals surface area contributed by atoms with E-state index in [1.165, 1.54) is 0 Å². The molecule has 1 amide bonds. The molecule has 0 bridgehead atoms. The van der Waals surface area contributed by atoms with Gasteiger partial charge in [-0.3, -0.25) is 9.69 Å². The molecule has 1 N–H and O–H groups in total. The van der Waals surface area contributed by atoms with E-state index in [4.69, 9.17) is 0 Å². The van der Waals surface area contributed by atoms with Crippen LogP contribution in [0.1, 0.15) is 25.8 Å². The summed E-state index contributed by atoms with van der Waals surface area (Å²) in [5, 5.41) is 9.64. The van der Waals surface area contributed by atoms with E-state index in [0.29, 0.717) is 26.1 Å². The van der Waals surface area contributed by atoms with Crippen LogP contribution in [-0.4, -0.2) is 65.9 Å². The van der Waals surface area contributed by atoms with Gasteiger partial charge in [-0.05, 0) is 23.6 Å². The number of aromatic hydroxyl groups is 1. The van der Waals surface area contributed by atoms with Gasteiger partial charge in [-0.1, -0.05) is 26.0 Å². The Morgan fingerprint density at radius 3 is 2.64 bits per heavy atom. The number of nitrogens with zero attached hydrogens (tertiary/aromatic N) is 2. The highest BCUT2D eigenvalue weighted by atomic mass is 32.2. The Morgan fingerprint density at radius 2 is 1.96 bits per heavy atom. The Labute approximate surface area is 149 Å². The predicted octanol–water partition coefficient (Wildman–Crippen LogP) is 1.25. The molecular formula is C18H26N2O4S. The molecule has 2 saturated heterocycles. The number of benzene rings is 1. The number of phenols is 1. The second kappa shape index (κ2) is 6.96. The van der Waals surface area contributed by atoms with Crippen molar-refractivity contribution >= 4 is 15.7 Å². The monoisotopic (exact) mass is 366 g/mol. The summed E-state index contributed by atoms with van der Waals surface area (Å²) in [4.78, 5) is 16.5. The van der Waals surface area contributed by atoms with Crippen molar-refractivity contribution in [3.05, 3.63) is 29.8 Å². The third-order valence-electron chi connectivity index (χ3n) is 4.99. The van der Waals surface area contributed by atoms with E-state index >= 15 is 0 Å². The molecule has 0 saturated carbocycles. The van der Waals surface area contributed by atoms with Crippen molar-refractivity contribution in [3.63, 3.8) is 0 Å². The fourth-order valence-corrected chi connectivity index (χ4v) is 5.90. The Hall–Kier alpha value is -1.60. The number of fused-ring (bicyclic) bond motifs is 1. The van der Waals surface area contributed by atoms with Crippen LogP contribution in [0.5, 0.6) is 5.75 Å². The van der Waals surface area contributed by atoms with Crippen LogP contribution in [0.2, 0.25) is 0 Å². The second-order valence-electron chi connectivity index (χ2n) is 7.54. The maximum absolute atomic E-state index is 12.6. The molecule has 2 heterocycles. The first-order chi connectivity index (χ1) is 11.7. The molecule has 1 aromatic rings. The van der Waals surface area contributed by atoms with Crippen molar-refractivity contribution in [2.24, 2.45) is 5.92 Å². The summed E-state index contributed by atoms with van der Waals surface area (Å²) in [7, 11) is -3.14. The van der Waals surface area contributed by atoms with Crippen LogP contribution in [-0.2, 0) is 21.2 Å². The molecule has 0 aromatic heterocycles. The molecule has 2 aliphatic heterocycles. The summed E-state index contributed by atoms with van der Waals surface area (Å²) in [6.07, 6.45) is 0.454. The first-order valence-corrected chi connectivity index (χ1v) is 10.6. The standard InChI is InChI=1S/C18H26N2O4S/c1-13(2)8-18(22)20-7-6-19(10-14-4-3-5-15(21)9-14)16-11-25(23,24)12-17(16)20/h3-5,9,13,16-17,21H,6-8,10-12H2,1-2H3/t16-,17+/m0/s1. The first-order valence-electron chi connectivity index (χ1n) is 8.77. The largest absolute Gasteiger partial charge is 0.508 e. The summed E-state index contributed by atoms with van der Waals surface area (Å²) in [6, 6.07) is 6.60. The third kappa shape index (κ3) is 4.15. The molecule has 0 spiro atoms. The van der Waals surface area contributed by atoms with Gasteiger partial charge < -0.3 is 10.0 Å². The van der Waals surface area contributed by atoms with Gasteiger partial charge in [-0.2, -0.15) is 0 Å². The number of rotatable bonds is 4. The Kier molecular flexibility index (Phi) is 5.06. The Balaban J connectivity index is 1.79. The van der Waals surface area contributed by atoms with Crippen molar-refractivity contribution in [2.45, 2.75) is 38.9 Å². The lowest BCUT2D eigenvalue weighted by Crippen LogP contribution is -2.60. The van der Waals surface area contributed by atoms with Gasteiger partial charge >= 0.3 is 0 Å². The average molecular weight is 366 g/mol. The zero-order valence-corrected chi connectivity index (χ0v) is 15.6. The van der Waals surface area contributed by atoms with Gasteiger partial charge in [0, 0.05) is 32.1 Å². The van der Waals surface area contributed by atoms with E-state index in [-0.39, 0.29) is 41.2 Å². The highest BCUT2D eigenvalue weighted by Crippen LogP contribution is 2.29. The topological polar surface area (TPSA) is 77.9 Å². The molecule has 2 atom stereocenters. The van der Waals surface area contributed by atoms with Crippen LogP contribution in [0.25, 0.3) is 0 Å². The van der Waals surface area contributed by atoms with Crippen molar-refractivity contribution in [3.8, 4) is 5.75 Å². The fourth-order valence-electron chi connectivity index (χ4n) is 3.89. The van der Waals surface area contributed by atoms with Gasteiger partial charge in [-0.15, -0.1) is 0 Å². The fraction of sp³-hybridized carbons (Fsp3) is 0.611. The lowest BCUT2D eigenvalue weighted by atomic mass is 10.0. The molecule has 25 heavy (non-hydrogen) atoms. The molecule has 6 nitrogen and oxygen atoms in total. The van der Waals surface area contributed by atoms with E-state index in [1.54, 1.807) is 23.1 Å². The van der Waals surface area contributed by atoms with Crippen LogP contribution in [0.4, 0.5) is 0 Å². The lowest BCUT2D eigenvalue weighted by molar-refractivity contribution is -0.137. The van der Waals surface area contributed by atoms with E-state index in [2.05, 4.69) is 4.90 Å². The van der Waals surface area contributed by atoms with E-state index in [9.17, 15) is 18.3 Å². The number of carbonyl (C=O) groups excluding carboxylic acids is 1. The summed E-state index contributed by atoms with van der Waals surface area (Å²) in [5.74, 6) is 0.673. The number of hydrogen-bond acceptors (Lipinski definition) is 5. The minimum atomic E-state index is -3.14. The van der Waals surface area contributed by atoms with Crippen LogP contribution in [0, 0.1) is 5.92 Å². The summed E-state index contributed by atoms with van der Waals surface area (Å²) < 4.78 is 24.5. The minimum absolute atomic E-state index is 0.0536. The van der Waals surface area contributed by atoms with Crippen LogP contribution >= 0.6 is 0 Å². The smallest absolute Gasteiger partial charge is 0.223 e. The van der Waals surface area contributed by atoms with E-state index in [0.717, 1.165) is 5.56 Å². The third-order valence-corrected chi connectivity index (χ3v) is 6.69. The quantitative estimate of drug-likeness (QED) is 0.868. The minimum Gasteiger partial charge on any atom is -0.508 e. The van der Waals surface area contributed by atoms with Crippen molar-refractivity contribution in [1.29, 1.82) is 0 Å². The predicted molar refractivity (Wildman–Crippen MR) is 95.9 cm³/mol. The molecular weight excluding hydrogens is 340 g/mol. The molecule has 7 heteroatoms. The zero-order chi connectivity index (χ0) is 18.2. The maximum atomic E-state index is 12.6. The second-order valence-corrected chi connectivity index (χ2v) is 9.69. The number of carbonyl (C=O) groups is 1. The molecule has 3 rings (SSSR count). The Bertz CT molecular complexity index is 747. The number of phenolic OH excluding ortho intramolecular Hbond substituents is 1. The van der Waals surface area contributed by atoms with Gasteiger partial charge in [-0.25, -0.2) is 8.42 Å². The van der Waals surface area contributed by atoms with Gasteiger partial charge in [0.1, 0.15) is 5.75 Å². The maximum Gasteiger partial charge on any atom is 0.223 e. The molecule has 0 unspecified atom stereocenters. The molecule has 2 aliphatic rings. The molecule has 138 valence electrons. The summed E-state index contributed by atoms with van der Waals surface area (Å²) >= 11 is 0. The first kappa shape index (κ1) is 18.2. The van der Waals surface area contributed by atoms with Crippen molar-refractivity contribution < 1.29 is 18.3 Å². The van der Waals surface area contributed by atoms with Crippen molar-refractivity contribution in [2.75, 3.05) is 24.6 Å². The summed E-state index contributed by atoms with van der Waals surface area (Å²) in [6.45, 7) is 5.78. The zero-order valence-electron chi connectivity index (χ0n) is 14.8. The molecule has 2 fully saturated rings. The number of hydrogen-bond donors (Lipinski definition) is 1. The van der Waals surface area contributed by atoms with Gasteiger partial charge in [0.05, 0.1) is 17.5 Å². The van der Waals surface area contributed by atoms with Crippen LogP contribution < -0.4 is 0 Å². The lowest BCUT2D eigenvalue weighted by Gasteiger charge is -2.44. The number of piperazine rings is 1. The van der Waals surface area contributed by atoms with E-state index in [1.807, 2.05) is 19.9 Å². The highest BCUT2D eigenvalue weighted by Gasteiger charge is 2.47. The van der Waals surface area contributed by atoms with Gasteiger partial charge in [0.15, 0.2) is 9.84 Å². The molecule has 1 aromatic carbocycles. The highest BCUT2D eigenvalue weighted by molar-refractivity contribution is 7.91. The van der Waals surface area contributed by atoms with E-state index < -0.39 is 9.84 Å². The molecule has 0 radical (unpaired) electrons. The SMILES string of the molecule is CC(C)CC(=O)N1CCN(Cc2cccc(O)c2)[C@H]2CS(=O)(=O)C[C@H]21. The molecule has 0 aliphatic carbocycles. The van der Waals surface area contributed by atoms with Gasteiger partial charge in [0.2, 0.25) is 5.91 Å². The van der Waals surface area contributed by atoms with Crippen molar-refractivity contribution in [1.82, 2.24) is 9.80 Å².